The summed E-state index contributed by atoms with van der Waals surface area (Å²) >= 11 is 3.24. The van der Waals surface area contributed by atoms with Gasteiger partial charge in [0.2, 0.25) is 0 Å². The number of nitro groups is 1. The summed E-state index contributed by atoms with van der Waals surface area (Å²) in [5.74, 6) is -0.0821. The summed E-state index contributed by atoms with van der Waals surface area (Å²) in [4.78, 5) is 24.4. The Kier molecular flexibility index (Phi) is 4.72. The van der Waals surface area contributed by atoms with Gasteiger partial charge in [0.05, 0.1) is 10.5 Å². The Labute approximate surface area is 125 Å². The molecule has 1 amide bonds. The van der Waals surface area contributed by atoms with E-state index in [2.05, 4.69) is 21.2 Å². The molecule has 1 heterocycles. The van der Waals surface area contributed by atoms with Crippen molar-refractivity contribution in [2.24, 2.45) is 0 Å². The maximum atomic E-state index is 12.4. The third-order valence-corrected chi connectivity index (χ3v) is 4.24. The van der Waals surface area contributed by atoms with Crippen molar-refractivity contribution in [3.63, 3.8) is 0 Å². The number of amides is 1. The van der Waals surface area contributed by atoms with Gasteiger partial charge in [-0.1, -0.05) is 0 Å². The molecule has 108 valence electrons. The summed E-state index contributed by atoms with van der Waals surface area (Å²) < 4.78 is 0.465. The summed E-state index contributed by atoms with van der Waals surface area (Å²) in [6.45, 7) is 1.40. The highest BCUT2D eigenvalue weighted by Gasteiger charge is 2.24. The van der Waals surface area contributed by atoms with Crippen LogP contribution in [0.1, 0.15) is 23.2 Å². The molecule has 1 fully saturated rings. The minimum absolute atomic E-state index is 0.0256. The molecule has 0 saturated carbocycles. The van der Waals surface area contributed by atoms with Crippen molar-refractivity contribution >= 4 is 27.5 Å². The van der Waals surface area contributed by atoms with Crippen LogP contribution in [0.25, 0.3) is 0 Å². The van der Waals surface area contributed by atoms with E-state index in [1.807, 2.05) is 7.05 Å². The van der Waals surface area contributed by atoms with Gasteiger partial charge < -0.3 is 10.2 Å². The Hall–Kier alpha value is -1.47. The Morgan fingerprint density at radius 3 is 2.60 bits per heavy atom. The molecule has 0 bridgehead atoms. The SMILES string of the molecule is CNC1CCN(C(=O)c2ccc([N+](=O)[O-])cc2Br)CC1. The highest BCUT2D eigenvalue weighted by atomic mass is 79.9. The van der Waals surface area contributed by atoms with Crippen molar-refractivity contribution < 1.29 is 9.72 Å². The lowest BCUT2D eigenvalue weighted by atomic mass is 10.0. The maximum Gasteiger partial charge on any atom is 0.270 e. The van der Waals surface area contributed by atoms with Gasteiger partial charge in [-0.2, -0.15) is 0 Å². The maximum absolute atomic E-state index is 12.4. The molecule has 7 heteroatoms. The quantitative estimate of drug-likeness (QED) is 0.675. The molecule has 1 aromatic rings. The van der Waals surface area contributed by atoms with Crippen LogP contribution < -0.4 is 5.32 Å². The second-order valence-electron chi connectivity index (χ2n) is 4.78. The number of non-ortho nitro benzene ring substituents is 1. The molecule has 6 nitrogen and oxygen atoms in total. The van der Waals surface area contributed by atoms with E-state index in [9.17, 15) is 14.9 Å². The molecule has 1 saturated heterocycles. The van der Waals surface area contributed by atoms with Crippen LogP contribution in [0.2, 0.25) is 0 Å². The zero-order valence-corrected chi connectivity index (χ0v) is 12.7. The molecule has 20 heavy (non-hydrogen) atoms. The number of hydrogen-bond acceptors (Lipinski definition) is 4. The molecule has 0 spiro atoms. The molecule has 0 atom stereocenters. The van der Waals surface area contributed by atoms with Gasteiger partial charge in [0, 0.05) is 35.7 Å². The largest absolute Gasteiger partial charge is 0.338 e. The fraction of sp³-hybridized carbons (Fsp3) is 0.462. The van der Waals surface area contributed by atoms with Gasteiger partial charge in [-0.15, -0.1) is 0 Å². The van der Waals surface area contributed by atoms with Gasteiger partial charge >= 0.3 is 0 Å². The van der Waals surface area contributed by atoms with E-state index >= 15 is 0 Å². The lowest BCUT2D eigenvalue weighted by Gasteiger charge is -2.32. The van der Waals surface area contributed by atoms with Gasteiger partial charge in [-0.05, 0) is 41.9 Å². The number of nitrogens with zero attached hydrogens (tertiary/aromatic N) is 2. The first-order valence-electron chi connectivity index (χ1n) is 6.43. The first kappa shape index (κ1) is 14.9. The number of nitro benzene ring substituents is 1. The summed E-state index contributed by atoms with van der Waals surface area (Å²) in [6, 6.07) is 4.69. The van der Waals surface area contributed by atoms with E-state index in [-0.39, 0.29) is 11.6 Å². The second-order valence-corrected chi connectivity index (χ2v) is 5.63. The Morgan fingerprint density at radius 2 is 2.10 bits per heavy atom. The van der Waals surface area contributed by atoms with E-state index in [1.54, 1.807) is 4.90 Å². The fourth-order valence-electron chi connectivity index (χ4n) is 2.33. The van der Waals surface area contributed by atoms with Crippen LogP contribution in [0.3, 0.4) is 0 Å². The number of carbonyl (C=O) groups excluding carboxylic acids is 1. The molecule has 0 unspecified atom stereocenters. The molecule has 2 rings (SSSR count). The molecular weight excluding hydrogens is 326 g/mol. The van der Waals surface area contributed by atoms with Crippen molar-refractivity contribution in [1.82, 2.24) is 10.2 Å². The number of rotatable bonds is 3. The summed E-state index contributed by atoms with van der Waals surface area (Å²) in [6.07, 6.45) is 1.85. The number of nitrogens with one attached hydrogen (secondary N) is 1. The van der Waals surface area contributed by atoms with Crippen LogP contribution in [0, 0.1) is 10.1 Å². The number of halogens is 1. The summed E-state index contributed by atoms with van der Waals surface area (Å²) in [5, 5.41) is 13.9. The normalized spacial score (nSPS) is 16.2. The smallest absolute Gasteiger partial charge is 0.270 e. The van der Waals surface area contributed by atoms with Crippen molar-refractivity contribution in [3.8, 4) is 0 Å². The topological polar surface area (TPSA) is 75.5 Å². The molecule has 1 aliphatic rings. The lowest BCUT2D eigenvalue weighted by Crippen LogP contribution is -2.44. The van der Waals surface area contributed by atoms with Gasteiger partial charge in [0.1, 0.15) is 0 Å². The van der Waals surface area contributed by atoms with E-state index in [0.29, 0.717) is 29.2 Å². The highest BCUT2D eigenvalue weighted by Crippen LogP contribution is 2.25. The third-order valence-electron chi connectivity index (χ3n) is 3.58. The molecule has 1 aliphatic heterocycles. The first-order valence-corrected chi connectivity index (χ1v) is 7.22. The van der Waals surface area contributed by atoms with Crippen molar-refractivity contribution in [1.29, 1.82) is 0 Å². The van der Waals surface area contributed by atoms with Gasteiger partial charge in [-0.3, -0.25) is 14.9 Å². The van der Waals surface area contributed by atoms with Gasteiger partial charge in [0.25, 0.3) is 11.6 Å². The number of piperidine rings is 1. The van der Waals surface area contributed by atoms with Crippen LogP contribution in [0.5, 0.6) is 0 Å². The molecular formula is C13H16BrN3O3. The zero-order chi connectivity index (χ0) is 14.7. The van der Waals surface area contributed by atoms with E-state index in [0.717, 1.165) is 12.8 Å². The minimum Gasteiger partial charge on any atom is -0.338 e. The van der Waals surface area contributed by atoms with Crippen molar-refractivity contribution in [2.75, 3.05) is 20.1 Å². The van der Waals surface area contributed by atoms with E-state index < -0.39 is 4.92 Å². The molecule has 1 aromatic carbocycles. The number of hydrogen-bond donors (Lipinski definition) is 1. The Balaban J connectivity index is 2.12. The van der Waals surface area contributed by atoms with E-state index in [4.69, 9.17) is 0 Å². The standard InChI is InChI=1S/C13H16BrN3O3/c1-15-9-4-6-16(7-5-9)13(18)11-3-2-10(17(19)20)8-12(11)14/h2-3,8-9,15H,4-7H2,1H3. The summed E-state index contributed by atoms with van der Waals surface area (Å²) in [5.41, 5.74) is 0.445. The van der Waals surface area contributed by atoms with Crippen molar-refractivity contribution in [2.45, 2.75) is 18.9 Å². The second kappa shape index (κ2) is 6.32. The Morgan fingerprint density at radius 1 is 1.45 bits per heavy atom. The number of benzene rings is 1. The zero-order valence-electron chi connectivity index (χ0n) is 11.1. The predicted octanol–water partition coefficient (Wildman–Crippen LogP) is 2.18. The van der Waals surface area contributed by atoms with Crippen molar-refractivity contribution in [3.05, 3.63) is 38.3 Å². The average Bonchev–Trinajstić information content (AvgIpc) is 2.46. The van der Waals surface area contributed by atoms with Crippen LogP contribution >= 0.6 is 15.9 Å². The molecule has 0 aliphatic carbocycles. The van der Waals surface area contributed by atoms with Crippen LogP contribution in [0.4, 0.5) is 5.69 Å². The predicted molar refractivity (Wildman–Crippen MR) is 78.8 cm³/mol. The van der Waals surface area contributed by atoms with Crippen LogP contribution in [-0.2, 0) is 0 Å². The molecule has 0 aromatic heterocycles. The highest BCUT2D eigenvalue weighted by molar-refractivity contribution is 9.10. The van der Waals surface area contributed by atoms with Gasteiger partial charge in [0.15, 0.2) is 0 Å². The monoisotopic (exact) mass is 341 g/mol. The minimum atomic E-state index is -0.475. The summed E-state index contributed by atoms with van der Waals surface area (Å²) in [7, 11) is 1.93. The Bertz CT molecular complexity index is 528. The third kappa shape index (κ3) is 3.16. The van der Waals surface area contributed by atoms with Gasteiger partial charge in [-0.25, -0.2) is 0 Å². The van der Waals surface area contributed by atoms with Crippen LogP contribution in [0.15, 0.2) is 22.7 Å². The number of likely N-dealkylation sites (tertiary alicyclic amines) is 1. The lowest BCUT2D eigenvalue weighted by molar-refractivity contribution is -0.384. The number of carbonyl (C=O) groups is 1. The molecule has 0 radical (unpaired) electrons. The average molecular weight is 342 g/mol. The first-order chi connectivity index (χ1) is 9.52. The fourth-order valence-corrected chi connectivity index (χ4v) is 2.87. The molecule has 1 N–H and O–H groups in total. The van der Waals surface area contributed by atoms with Crippen LogP contribution in [-0.4, -0.2) is 41.9 Å². The van der Waals surface area contributed by atoms with E-state index in [1.165, 1.54) is 18.2 Å².